The van der Waals surface area contributed by atoms with Gasteiger partial charge in [-0.25, -0.2) is 4.79 Å². The predicted molar refractivity (Wildman–Crippen MR) is 99.6 cm³/mol. The smallest absolute Gasteiger partial charge is 0.417 e. The van der Waals surface area contributed by atoms with Crippen LogP contribution in [0.3, 0.4) is 0 Å². The lowest BCUT2D eigenvalue weighted by atomic mass is 9.88. The number of nitrogens with zero attached hydrogens (tertiary/aromatic N) is 2. The van der Waals surface area contributed by atoms with Crippen molar-refractivity contribution in [3.05, 3.63) is 57.7 Å². The van der Waals surface area contributed by atoms with Crippen molar-refractivity contribution >= 4 is 16.7 Å². The summed E-state index contributed by atoms with van der Waals surface area (Å²) in [5, 5.41) is -0.0246. The molecule has 0 saturated carbocycles. The first-order valence-corrected chi connectivity index (χ1v) is 9.33. The molecule has 0 spiro atoms. The number of aromatic nitrogens is 1. The summed E-state index contributed by atoms with van der Waals surface area (Å²) >= 11 is 0. The maximum Gasteiger partial charge on any atom is 0.417 e. The first-order chi connectivity index (χ1) is 13.4. The minimum absolute atomic E-state index is 0.0246. The average Bonchev–Trinajstić information content (AvgIpc) is 2.68. The third-order valence-electron chi connectivity index (χ3n) is 5.62. The summed E-state index contributed by atoms with van der Waals surface area (Å²) in [5.74, 6) is 0. The molecule has 0 unspecified atom stereocenters. The summed E-state index contributed by atoms with van der Waals surface area (Å²) in [7, 11) is 0. The van der Waals surface area contributed by atoms with Gasteiger partial charge < -0.3 is 9.32 Å². The van der Waals surface area contributed by atoms with Crippen LogP contribution in [-0.4, -0.2) is 18.1 Å². The lowest BCUT2D eigenvalue weighted by molar-refractivity contribution is -0.136. The van der Waals surface area contributed by atoms with Crippen LogP contribution in [0.2, 0.25) is 0 Å². The SMILES string of the molecule is O=c1oc2c3c4c(cc2c(C(F)(F)F)c1-c1cccnc1)CCCN4CCC3. The third-order valence-corrected chi connectivity index (χ3v) is 5.62. The Bertz CT molecular complexity index is 1130. The number of pyridine rings is 1. The molecule has 2 aliphatic rings. The number of hydrogen-bond donors (Lipinski definition) is 0. The van der Waals surface area contributed by atoms with Crippen molar-refractivity contribution < 1.29 is 17.6 Å². The summed E-state index contributed by atoms with van der Waals surface area (Å²) in [5.41, 5.74) is 0.432. The number of halogens is 3. The van der Waals surface area contributed by atoms with Gasteiger partial charge in [-0.05, 0) is 43.4 Å². The topological polar surface area (TPSA) is 46.3 Å². The summed E-state index contributed by atoms with van der Waals surface area (Å²) in [6, 6.07) is 4.54. The Labute approximate surface area is 158 Å². The second kappa shape index (κ2) is 6.09. The van der Waals surface area contributed by atoms with Crippen molar-refractivity contribution in [3.63, 3.8) is 0 Å². The highest BCUT2D eigenvalue weighted by molar-refractivity contribution is 5.94. The molecule has 0 N–H and O–H groups in total. The van der Waals surface area contributed by atoms with E-state index in [0.717, 1.165) is 49.2 Å². The van der Waals surface area contributed by atoms with E-state index in [1.807, 2.05) is 0 Å². The number of aryl methyl sites for hydroxylation is 2. The molecule has 28 heavy (non-hydrogen) atoms. The third kappa shape index (κ3) is 2.52. The molecule has 4 heterocycles. The Balaban J connectivity index is 1.93. The Morgan fingerprint density at radius 2 is 1.93 bits per heavy atom. The van der Waals surface area contributed by atoms with E-state index in [9.17, 15) is 18.0 Å². The van der Waals surface area contributed by atoms with Crippen molar-refractivity contribution in [2.75, 3.05) is 18.0 Å². The molecule has 2 aromatic heterocycles. The second-order valence-electron chi connectivity index (χ2n) is 7.31. The molecule has 3 aromatic rings. The van der Waals surface area contributed by atoms with Crippen LogP contribution in [-0.2, 0) is 19.0 Å². The van der Waals surface area contributed by atoms with Crippen LogP contribution in [0.4, 0.5) is 18.9 Å². The fraction of sp³-hybridized carbons (Fsp3) is 0.333. The number of anilines is 1. The molecule has 0 amide bonds. The molecule has 5 rings (SSSR count). The number of rotatable bonds is 1. The fourth-order valence-electron chi connectivity index (χ4n) is 4.58. The monoisotopic (exact) mass is 386 g/mol. The van der Waals surface area contributed by atoms with Gasteiger partial charge in [0.2, 0.25) is 0 Å². The van der Waals surface area contributed by atoms with Gasteiger partial charge >= 0.3 is 11.8 Å². The zero-order chi connectivity index (χ0) is 19.5. The lowest BCUT2D eigenvalue weighted by Gasteiger charge is -2.37. The summed E-state index contributed by atoms with van der Waals surface area (Å²) in [6.45, 7) is 1.77. The molecule has 0 aliphatic carbocycles. The van der Waals surface area contributed by atoms with Crippen LogP contribution < -0.4 is 10.5 Å². The van der Waals surface area contributed by atoms with E-state index in [4.69, 9.17) is 4.42 Å². The number of alkyl halides is 3. The Morgan fingerprint density at radius 1 is 1.14 bits per heavy atom. The molecule has 4 nitrogen and oxygen atoms in total. The van der Waals surface area contributed by atoms with Crippen LogP contribution in [0.25, 0.3) is 22.1 Å². The van der Waals surface area contributed by atoms with E-state index in [2.05, 4.69) is 9.88 Å². The molecular formula is C21H17F3N2O2. The maximum absolute atomic E-state index is 14.2. The lowest BCUT2D eigenvalue weighted by Crippen LogP contribution is -2.34. The van der Waals surface area contributed by atoms with Crippen molar-refractivity contribution in [3.8, 4) is 11.1 Å². The predicted octanol–water partition coefficient (Wildman–Crippen LogP) is 4.57. The normalized spacial score (nSPS) is 16.3. The summed E-state index contributed by atoms with van der Waals surface area (Å²) in [6.07, 6.45) is 1.11. The highest BCUT2D eigenvalue weighted by Crippen LogP contribution is 2.45. The number of hydrogen-bond acceptors (Lipinski definition) is 4. The average molecular weight is 386 g/mol. The van der Waals surface area contributed by atoms with Gasteiger partial charge in [-0.3, -0.25) is 4.98 Å². The van der Waals surface area contributed by atoms with E-state index in [1.54, 1.807) is 6.07 Å². The zero-order valence-corrected chi connectivity index (χ0v) is 15.0. The van der Waals surface area contributed by atoms with E-state index >= 15 is 0 Å². The first kappa shape index (κ1) is 17.3. The molecule has 0 saturated heterocycles. The standard InChI is InChI=1S/C21H17F3N2O2/c22-21(23,24)17-15-10-12-5-2-8-26-9-3-6-14(18(12)26)19(15)28-20(27)16(17)13-4-1-7-25-11-13/h1,4,7,10-11H,2-3,5-6,8-9H2. The van der Waals surface area contributed by atoms with Gasteiger partial charge in [-0.1, -0.05) is 6.07 Å². The highest BCUT2D eigenvalue weighted by Gasteiger charge is 2.40. The molecule has 144 valence electrons. The molecule has 0 fully saturated rings. The molecule has 0 bridgehead atoms. The van der Waals surface area contributed by atoms with Gasteiger partial charge in [0.05, 0.1) is 11.1 Å². The Kier molecular flexibility index (Phi) is 3.76. The van der Waals surface area contributed by atoms with Crippen LogP contribution in [0.1, 0.15) is 29.5 Å². The van der Waals surface area contributed by atoms with Crippen LogP contribution >= 0.6 is 0 Å². The van der Waals surface area contributed by atoms with Crippen LogP contribution in [0.15, 0.2) is 39.8 Å². The second-order valence-corrected chi connectivity index (χ2v) is 7.31. The molecule has 1 aromatic carbocycles. The quantitative estimate of drug-likeness (QED) is 0.575. The highest BCUT2D eigenvalue weighted by atomic mass is 19.4. The minimum Gasteiger partial charge on any atom is -0.422 e. The first-order valence-electron chi connectivity index (χ1n) is 9.33. The summed E-state index contributed by atoms with van der Waals surface area (Å²) < 4.78 is 48.1. The molecular weight excluding hydrogens is 369 g/mol. The number of fused-ring (bicyclic) bond motifs is 2. The van der Waals surface area contributed by atoms with E-state index in [1.165, 1.54) is 24.5 Å². The Hall–Kier alpha value is -2.83. The Morgan fingerprint density at radius 3 is 2.64 bits per heavy atom. The maximum atomic E-state index is 14.2. The van der Waals surface area contributed by atoms with Gasteiger partial charge in [0.25, 0.3) is 0 Å². The molecule has 0 radical (unpaired) electrons. The number of benzene rings is 1. The van der Waals surface area contributed by atoms with Crippen molar-refractivity contribution in [2.24, 2.45) is 0 Å². The van der Waals surface area contributed by atoms with E-state index in [-0.39, 0.29) is 16.5 Å². The molecule has 0 atom stereocenters. The zero-order valence-electron chi connectivity index (χ0n) is 15.0. The van der Waals surface area contributed by atoms with Gasteiger partial charge in [0, 0.05) is 47.7 Å². The molecule has 7 heteroatoms. The molecule has 2 aliphatic heterocycles. The fourth-order valence-corrected chi connectivity index (χ4v) is 4.58. The van der Waals surface area contributed by atoms with Crippen molar-refractivity contribution in [2.45, 2.75) is 31.9 Å². The van der Waals surface area contributed by atoms with Gasteiger partial charge in [0.1, 0.15) is 5.58 Å². The van der Waals surface area contributed by atoms with Crippen molar-refractivity contribution in [1.29, 1.82) is 0 Å². The van der Waals surface area contributed by atoms with E-state index < -0.39 is 22.9 Å². The largest absolute Gasteiger partial charge is 0.422 e. The van der Waals surface area contributed by atoms with Crippen molar-refractivity contribution in [1.82, 2.24) is 4.98 Å². The van der Waals surface area contributed by atoms with Gasteiger partial charge in [-0.15, -0.1) is 0 Å². The van der Waals surface area contributed by atoms with Gasteiger partial charge in [-0.2, -0.15) is 13.2 Å². The minimum atomic E-state index is -4.69. The van der Waals surface area contributed by atoms with Crippen LogP contribution in [0.5, 0.6) is 0 Å². The van der Waals surface area contributed by atoms with Gasteiger partial charge in [0.15, 0.2) is 0 Å². The van der Waals surface area contributed by atoms with E-state index in [0.29, 0.717) is 6.42 Å². The summed E-state index contributed by atoms with van der Waals surface area (Å²) in [4.78, 5) is 18.8. The van der Waals surface area contributed by atoms with Crippen LogP contribution in [0, 0.1) is 0 Å².